The number of anilines is 2. The zero-order valence-corrected chi connectivity index (χ0v) is 28.6. The molecule has 1 aromatic carbocycles. The Labute approximate surface area is 285 Å². The number of benzene rings is 1. The van der Waals surface area contributed by atoms with E-state index in [-0.39, 0.29) is 5.82 Å². The van der Waals surface area contributed by atoms with E-state index in [1.807, 2.05) is 59.1 Å². The number of ether oxygens (including phenoxy) is 2. The molecule has 1 aliphatic rings. The van der Waals surface area contributed by atoms with Crippen LogP contribution in [-0.2, 0) is 14.3 Å². The summed E-state index contributed by atoms with van der Waals surface area (Å²) in [4.78, 5) is 48.4. The SMILES string of the molecule is CC(C)(C)OC(=O)N(c1ccc(-c2cnc(N3CCOCC3)c3nc(C=Cc4ccc5ccccc5n4)cn23)cn1)C(C(=O)O)C(C)(C)C. The predicted molar refractivity (Wildman–Crippen MR) is 190 cm³/mol. The molecule has 0 bridgehead atoms. The standard InChI is InChI=1S/C37H41N7O5/c1-36(2,3)31(34(45)46)44(35(47)49-37(4,5)6)30-16-12-25(21-38-30)29-22-39-32(42-17-19-48-20-18-42)33-41-27(23-43(29)33)15-14-26-13-11-24-9-7-8-10-28(24)40-26/h7-16,21-23,31H,17-20H2,1-6H3,(H,45,46). The van der Waals surface area contributed by atoms with Gasteiger partial charge < -0.3 is 19.5 Å². The van der Waals surface area contributed by atoms with Crippen molar-refractivity contribution >= 4 is 52.4 Å². The van der Waals surface area contributed by atoms with Gasteiger partial charge >= 0.3 is 12.1 Å². The lowest BCUT2D eigenvalue weighted by Gasteiger charge is -2.37. The number of carbonyl (C=O) groups excluding carboxylic acids is 1. The first-order valence-corrected chi connectivity index (χ1v) is 16.2. The van der Waals surface area contributed by atoms with Crippen LogP contribution < -0.4 is 9.80 Å². The van der Waals surface area contributed by atoms with E-state index in [1.54, 1.807) is 66.1 Å². The summed E-state index contributed by atoms with van der Waals surface area (Å²) in [7, 11) is 0. The van der Waals surface area contributed by atoms with Gasteiger partial charge in [-0.1, -0.05) is 45.0 Å². The fourth-order valence-electron chi connectivity index (χ4n) is 5.81. The Kier molecular flexibility index (Phi) is 9.08. The largest absolute Gasteiger partial charge is 0.480 e. The summed E-state index contributed by atoms with van der Waals surface area (Å²) in [5.74, 6) is -0.260. The fourth-order valence-corrected chi connectivity index (χ4v) is 5.81. The Morgan fingerprint density at radius 1 is 0.918 bits per heavy atom. The first kappa shape index (κ1) is 33.5. The third kappa shape index (κ3) is 7.39. The molecule has 1 saturated heterocycles. The first-order chi connectivity index (χ1) is 23.3. The first-order valence-electron chi connectivity index (χ1n) is 16.2. The number of morpholine rings is 1. The lowest BCUT2D eigenvalue weighted by Crippen LogP contribution is -2.54. The van der Waals surface area contributed by atoms with E-state index in [9.17, 15) is 14.7 Å². The maximum Gasteiger partial charge on any atom is 0.416 e. The molecule has 5 aromatic rings. The Morgan fingerprint density at radius 3 is 2.33 bits per heavy atom. The lowest BCUT2D eigenvalue weighted by molar-refractivity contribution is -0.141. The highest BCUT2D eigenvalue weighted by molar-refractivity contribution is 5.95. The van der Waals surface area contributed by atoms with Crippen LogP contribution in [0.5, 0.6) is 0 Å². The highest BCUT2D eigenvalue weighted by Crippen LogP contribution is 2.32. The van der Waals surface area contributed by atoms with Crippen molar-refractivity contribution in [3.63, 3.8) is 0 Å². The molecular formula is C37H41N7O5. The van der Waals surface area contributed by atoms with Gasteiger partial charge in [-0.25, -0.2) is 34.4 Å². The zero-order valence-electron chi connectivity index (χ0n) is 28.6. The molecule has 4 aromatic heterocycles. The number of carboxylic acids is 1. The van der Waals surface area contributed by atoms with Crippen LogP contribution in [0.4, 0.5) is 16.4 Å². The number of fused-ring (bicyclic) bond motifs is 2. The van der Waals surface area contributed by atoms with Crippen molar-refractivity contribution in [3.8, 4) is 11.3 Å². The molecule has 0 radical (unpaired) electrons. The van der Waals surface area contributed by atoms with Crippen molar-refractivity contribution in [2.24, 2.45) is 5.41 Å². The number of aliphatic carboxylic acids is 1. The molecule has 6 rings (SSSR count). The molecule has 1 aliphatic heterocycles. The van der Waals surface area contributed by atoms with Gasteiger partial charge in [0, 0.05) is 36.4 Å². The van der Waals surface area contributed by atoms with Gasteiger partial charge in [-0.3, -0.25) is 4.40 Å². The molecule has 1 fully saturated rings. The number of aromatic nitrogens is 5. The molecule has 12 heteroatoms. The van der Waals surface area contributed by atoms with Crippen molar-refractivity contribution in [3.05, 3.63) is 78.5 Å². The second kappa shape index (κ2) is 13.3. The fraction of sp³-hybridized carbons (Fsp3) is 0.351. The van der Waals surface area contributed by atoms with Gasteiger partial charge in [0.15, 0.2) is 11.5 Å². The van der Waals surface area contributed by atoms with E-state index in [2.05, 4.69) is 9.88 Å². The quantitative estimate of drug-likeness (QED) is 0.203. The van der Waals surface area contributed by atoms with Crippen LogP contribution in [0.3, 0.4) is 0 Å². The van der Waals surface area contributed by atoms with Gasteiger partial charge in [0.2, 0.25) is 0 Å². The highest BCUT2D eigenvalue weighted by atomic mass is 16.6. The minimum atomic E-state index is -1.23. The number of pyridine rings is 2. The number of nitrogens with zero attached hydrogens (tertiary/aromatic N) is 7. The molecule has 1 unspecified atom stereocenters. The van der Waals surface area contributed by atoms with E-state index in [4.69, 9.17) is 24.4 Å². The Hall–Kier alpha value is -5.36. The van der Waals surface area contributed by atoms with Gasteiger partial charge in [-0.2, -0.15) is 0 Å². The summed E-state index contributed by atoms with van der Waals surface area (Å²) >= 11 is 0. The van der Waals surface area contributed by atoms with Crippen LogP contribution in [0.15, 0.2) is 67.1 Å². The average Bonchev–Trinajstić information content (AvgIpc) is 3.49. The summed E-state index contributed by atoms with van der Waals surface area (Å²) in [6.45, 7) is 13.1. The Balaban J connectivity index is 1.40. The van der Waals surface area contributed by atoms with Gasteiger partial charge in [0.05, 0.1) is 42.0 Å². The smallest absolute Gasteiger partial charge is 0.416 e. The predicted octanol–water partition coefficient (Wildman–Crippen LogP) is 6.59. The minimum absolute atomic E-state index is 0.159. The number of amides is 1. The summed E-state index contributed by atoms with van der Waals surface area (Å²) < 4.78 is 13.2. The maximum absolute atomic E-state index is 13.5. The van der Waals surface area contributed by atoms with Crippen LogP contribution in [-0.4, -0.2) is 79.5 Å². The van der Waals surface area contributed by atoms with Crippen LogP contribution in [0.25, 0.3) is 40.0 Å². The molecule has 0 saturated carbocycles. The molecule has 12 nitrogen and oxygen atoms in total. The van der Waals surface area contributed by atoms with Gasteiger partial charge in [-0.15, -0.1) is 0 Å². The van der Waals surface area contributed by atoms with Crippen LogP contribution in [0.2, 0.25) is 0 Å². The molecule has 0 spiro atoms. The second-order valence-corrected chi connectivity index (χ2v) is 14.1. The van der Waals surface area contributed by atoms with Crippen molar-refractivity contribution in [2.45, 2.75) is 53.2 Å². The number of carboxylic acid groups (broad SMARTS) is 1. The monoisotopic (exact) mass is 663 g/mol. The van der Waals surface area contributed by atoms with E-state index in [1.165, 1.54) is 0 Å². The third-order valence-corrected chi connectivity index (χ3v) is 8.04. The summed E-state index contributed by atoms with van der Waals surface area (Å²) in [6.07, 6.45) is 8.39. The van der Waals surface area contributed by atoms with Gasteiger partial charge in [0.1, 0.15) is 17.5 Å². The van der Waals surface area contributed by atoms with E-state index in [0.717, 1.165) is 33.0 Å². The van der Waals surface area contributed by atoms with Crippen molar-refractivity contribution in [1.29, 1.82) is 0 Å². The Bertz CT molecular complexity index is 2020. The summed E-state index contributed by atoms with van der Waals surface area (Å²) in [5.41, 5.74) is 2.87. The van der Waals surface area contributed by atoms with Gasteiger partial charge in [-0.05, 0) is 62.6 Å². The minimum Gasteiger partial charge on any atom is -0.480 e. The molecular weight excluding hydrogens is 622 g/mol. The number of imidazole rings is 1. The van der Waals surface area contributed by atoms with E-state index >= 15 is 0 Å². The molecule has 254 valence electrons. The number of hydrogen-bond donors (Lipinski definition) is 1. The average molecular weight is 664 g/mol. The van der Waals surface area contributed by atoms with Crippen molar-refractivity contribution in [1.82, 2.24) is 24.3 Å². The number of carbonyl (C=O) groups is 2. The number of hydrogen-bond acceptors (Lipinski definition) is 9. The number of rotatable bonds is 7. The maximum atomic E-state index is 13.5. The molecule has 5 heterocycles. The van der Waals surface area contributed by atoms with Gasteiger partial charge in [0.25, 0.3) is 0 Å². The van der Waals surface area contributed by atoms with E-state index in [0.29, 0.717) is 43.2 Å². The zero-order chi connectivity index (χ0) is 34.9. The second-order valence-electron chi connectivity index (χ2n) is 14.1. The van der Waals surface area contributed by atoms with E-state index < -0.39 is 29.1 Å². The molecule has 1 N–H and O–H groups in total. The molecule has 49 heavy (non-hydrogen) atoms. The lowest BCUT2D eigenvalue weighted by atomic mass is 9.85. The number of para-hydroxylation sites is 1. The topological polar surface area (TPSA) is 135 Å². The van der Waals surface area contributed by atoms with Crippen LogP contribution in [0, 0.1) is 5.41 Å². The van der Waals surface area contributed by atoms with Crippen molar-refractivity contribution in [2.75, 3.05) is 36.1 Å². The van der Waals surface area contributed by atoms with Crippen LogP contribution in [0.1, 0.15) is 52.9 Å². The molecule has 0 aliphatic carbocycles. The highest BCUT2D eigenvalue weighted by Gasteiger charge is 2.42. The third-order valence-electron chi connectivity index (χ3n) is 8.04. The normalized spacial score (nSPS) is 14.8. The molecule has 1 amide bonds. The van der Waals surface area contributed by atoms with Crippen molar-refractivity contribution < 1.29 is 24.2 Å². The Morgan fingerprint density at radius 2 is 1.65 bits per heavy atom. The van der Waals surface area contributed by atoms with Crippen LogP contribution >= 0.6 is 0 Å². The summed E-state index contributed by atoms with van der Waals surface area (Å²) in [6, 6.07) is 14.2. The molecule has 1 atom stereocenters. The summed E-state index contributed by atoms with van der Waals surface area (Å²) in [5, 5.41) is 11.3.